The predicted molar refractivity (Wildman–Crippen MR) is 122 cm³/mol. The Morgan fingerprint density at radius 3 is 2.33 bits per heavy atom. The molecule has 0 saturated carbocycles. The van der Waals surface area contributed by atoms with Crippen LogP contribution in [0, 0.1) is 0 Å². The van der Waals surface area contributed by atoms with Crippen molar-refractivity contribution in [2.45, 2.75) is 25.8 Å². The van der Waals surface area contributed by atoms with Gasteiger partial charge in [-0.05, 0) is 48.7 Å². The number of para-hydroxylation sites is 1. The van der Waals surface area contributed by atoms with Crippen LogP contribution in [0.3, 0.4) is 0 Å². The SMILES string of the molecule is CC(NC(=O)c1ccccc1NC(=O)CCc1ccc(Cl)c(Cl)c1)c1ccccc1. The van der Waals surface area contributed by atoms with Gasteiger partial charge in [0.25, 0.3) is 5.91 Å². The molecule has 1 unspecified atom stereocenters. The summed E-state index contributed by atoms with van der Waals surface area (Å²) in [6.45, 7) is 1.92. The Hall–Kier alpha value is -2.82. The summed E-state index contributed by atoms with van der Waals surface area (Å²) in [5.74, 6) is -0.427. The fraction of sp³-hybridized carbons (Fsp3) is 0.167. The normalized spacial score (nSPS) is 11.6. The van der Waals surface area contributed by atoms with Gasteiger partial charge in [0.1, 0.15) is 0 Å². The summed E-state index contributed by atoms with van der Waals surface area (Å²) in [5, 5.41) is 6.76. The van der Waals surface area contributed by atoms with E-state index in [9.17, 15) is 9.59 Å². The van der Waals surface area contributed by atoms with Gasteiger partial charge in [0.05, 0.1) is 27.3 Å². The van der Waals surface area contributed by atoms with Crippen molar-refractivity contribution in [1.82, 2.24) is 5.32 Å². The summed E-state index contributed by atoms with van der Waals surface area (Å²) in [6.07, 6.45) is 0.774. The summed E-state index contributed by atoms with van der Waals surface area (Å²) < 4.78 is 0. The molecular formula is C24H22Cl2N2O2. The molecule has 3 rings (SSSR count). The van der Waals surface area contributed by atoms with Crippen molar-refractivity contribution in [3.63, 3.8) is 0 Å². The maximum atomic E-state index is 12.8. The minimum Gasteiger partial charge on any atom is -0.345 e. The summed E-state index contributed by atoms with van der Waals surface area (Å²) in [4.78, 5) is 25.2. The van der Waals surface area contributed by atoms with Crippen molar-refractivity contribution < 1.29 is 9.59 Å². The number of nitrogens with one attached hydrogen (secondary N) is 2. The molecule has 3 aromatic carbocycles. The molecule has 0 aliphatic carbocycles. The van der Waals surface area contributed by atoms with E-state index in [1.807, 2.05) is 43.3 Å². The molecule has 30 heavy (non-hydrogen) atoms. The number of aryl methyl sites for hydroxylation is 1. The first-order valence-corrected chi connectivity index (χ1v) is 10.4. The largest absolute Gasteiger partial charge is 0.345 e. The molecular weight excluding hydrogens is 419 g/mol. The topological polar surface area (TPSA) is 58.2 Å². The number of rotatable bonds is 7. The van der Waals surface area contributed by atoms with Gasteiger partial charge in [-0.25, -0.2) is 0 Å². The number of hydrogen-bond donors (Lipinski definition) is 2. The second-order valence-electron chi connectivity index (χ2n) is 6.95. The van der Waals surface area contributed by atoms with Crippen LogP contribution in [0.4, 0.5) is 5.69 Å². The van der Waals surface area contributed by atoms with Crippen LogP contribution < -0.4 is 10.6 Å². The van der Waals surface area contributed by atoms with Crippen LogP contribution >= 0.6 is 23.2 Å². The first-order valence-electron chi connectivity index (χ1n) is 9.62. The Kier molecular flexibility index (Phi) is 7.50. The lowest BCUT2D eigenvalue weighted by atomic mass is 10.1. The van der Waals surface area contributed by atoms with E-state index < -0.39 is 0 Å². The lowest BCUT2D eigenvalue weighted by Gasteiger charge is -2.16. The Labute approximate surface area is 186 Å². The average Bonchev–Trinajstić information content (AvgIpc) is 2.75. The molecule has 0 bridgehead atoms. The lowest BCUT2D eigenvalue weighted by Crippen LogP contribution is -2.28. The van der Waals surface area contributed by atoms with E-state index in [2.05, 4.69) is 10.6 Å². The number of carbonyl (C=O) groups excluding carboxylic acids is 2. The van der Waals surface area contributed by atoms with Crippen LogP contribution in [0.15, 0.2) is 72.8 Å². The molecule has 0 aromatic heterocycles. The highest BCUT2D eigenvalue weighted by Gasteiger charge is 2.16. The fourth-order valence-corrected chi connectivity index (χ4v) is 3.38. The Balaban J connectivity index is 1.63. The van der Waals surface area contributed by atoms with Crippen LogP contribution in [0.5, 0.6) is 0 Å². The summed E-state index contributed by atoms with van der Waals surface area (Å²) in [7, 11) is 0. The Bertz CT molecular complexity index is 1040. The van der Waals surface area contributed by atoms with Gasteiger partial charge in [-0.3, -0.25) is 9.59 Å². The molecule has 6 heteroatoms. The van der Waals surface area contributed by atoms with Gasteiger partial charge in [0.2, 0.25) is 5.91 Å². The third kappa shape index (κ3) is 5.85. The molecule has 0 radical (unpaired) electrons. The minimum atomic E-state index is -0.244. The van der Waals surface area contributed by atoms with Gasteiger partial charge < -0.3 is 10.6 Å². The molecule has 0 heterocycles. The summed E-state index contributed by atoms with van der Waals surface area (Å²) in [6, 6.07) is 21.8. The van der Waals surface area contributed by atoms with Gasteiger partial charge in [0, 0.05) is 6.42 Å². The van der Waals surface area contributed by atoms with Gasteiger partial charge >= 0.3 is 0 Å². The van der Waals surface area contributed by atoms with Crippen molar-refractivity contribution in [3.8, 4) is 0 Å². The van der Waals surface area contributed by atoms with Crippen LogP contribution in [0.25, 0.3) is 0 Å². The van der Waals surface area contributed by atoms with Crippen LogP contribution in [0.1, 0.15) is 40.9 Å². The lowest BCUT2D eigenvalue weighted by molar-refractivity contribution is -0.116. The van der Waals surface area contributed by atoms with E-state index >= 15 is 0 Å². The van der Waals surface area contributed by atoms with Crippen molar-refractivity contribution in [2.24, 2.45) is 0 Å². The van der Waals surface area contributed by atoms with Gasteiger partial charge in [-0.1, -0.05) is 71.7 Å². The van der Waals surface area contributed by atoms with Crippen LogP contribution in [0.2, 0.25) is 10.0 Å². The number of carbonyl (C=O) groups is 2. The highest BCUT2D eigenvalue weighted by atomic mass is 35.5. The molecule has 0 fully saturated rings. The quantitative estimate of drug-likeness (QED) is 0.469. The number of benzene rings is 3. The molecule has 2 amide bonds. The zero-order valence-corrected chi connectivity index (χ0v) is 18.0. The maximum Gasteiger partial charge on any atom is 0.253 e. The number of halogens is 2. The molecule has 0 aliphatic rings. The number of hydrogen-bond acceptors (Lipinski definition) is 2. The maximum absolute atomic E-state index is 12.8. The molecule has 4 nitrogen and oxygen atoms in total. The van der Waals surface area contributed by atoms with Gasteiger partial charge in [0.15, 0.2) is 0 Å². The number of anilines is 1. The molecule has 3 aromatic rings. The van der Waals surface area contributed by atoms with E-state index in [1.165, 1.54) is 0 Å². The summed E-state index contributed by atoms with van der Waals surface area (Å²) >= 11 is 11.9. The highest BCUT2D eigenvalue weighted by molar-refractivity contribution is 6.42. The van der Waals surface area contributed by atoms with Crippen molar-refractivity contribution >= 4 is 40.7 Å². The first-order chi connectivity index (χ1) is 14.4. The molecule has 1 atom stereocenters. The van der Waals surface area contributed by atoms with Crippen LogP contribution in [-0.2, 0) is 11.2 Å². The minimum absolute atomic E-state index is 0.155. The Morgan fingerprint density at radius 1 is 0.900 bits per heavy atom. The fourth-order valence-electron chi connectivity index (χ4n) is 3.06. The van der Waals surface area contributed by atoms with E-state index in [4.69, 9.17) is 23.2 Å². The second-order valence-corrected chi connectivity index (χ2v) is 7.76. The van der Waals surface area contributed by atoms with Crippen molar-refractivity contribution in [2.75, 3.05) is 5.32 Å². The highest BCUT2D eigenvalue weighted by Crippen LogP contribution is 2.23. The van der Waals surface area contributed by atoms with Gasteiger partial charge in [-0.15, -0.1) is 0 Å². The molecule has 0 spiro atoms. The first kappa shape index (κ1) is 21.9. The monoisotopic (exact) mass is 440 g/mol. The van der Waals surface area contributed by atoms with Crippen molar-refractivity contribution in [1.29, 1.82) is 0 Å². The molecule has 0 aliphatic heterocycles. The van der Waals surface area contributed by atoms with E-state index in [0.717, 1.165) is 11.1 Å². The predicted octanol–water partition coefficient (Wildman–Crippen LogP) is 6.06. The van der Waals surface area contributed by atoms with E-state index in [-0.39, 0.29) is 24.3 Å². The molecule has 154 valence electrons. The third-order valence-corrected chi connectivity index (χ3v) is 5.46. The standard InChI is InChI=1S/C24H22Cl2N2O2/c1-16(18-7-3-2-4-8-18)27-24(30)19-9-5-6-10-22(19)28-23(29)14-12-17-11-13-20(25)21(26)15-17/h2-11,13,15-16H,12,14H2,1H3,(H,27,30)(H,28,29). The summed E-state index contributed by atoms with van der Waals surface area (Å²) in [5.41, 5.74) is 2.83. The van der Waals surface area contributed by atoms with Gasteiger partial charge in [-0.2, -0.15) is 0 Å². The zero-order chi connectivity index (χ0) is 21.5. The number of amides is 2. The Morgan fingerprint density at radius 2 is 1.60 bits per heavy atom. The average molecular weight is 441 g/mol. The van der Waals surface area contributed by atoms with E-state index in [0.29, 0.717) is 27.7 Å². The second kappa shape index (κ2) is 10.3. The van der Waals surface area contributed by atoms with Crippen molar-refractivity contribution in [3.05, 3.63) is 99.5 Å². The third-order valence-electron chi connectivity index (χ3n) is 4.72. The van der Waals surface area contributed by atoms with Crippen LogP contribution in [-0.4, -0.2) is 11.8 Å². The molecule has 0 saturated heterocycles. The van der Waals surface area contributed by atoms with E-state index in [1.54, 1.807) is 36.4 Å². The zero-order valence-electron chi connectivity index (χ0n) is 16.5. The smallest absolute Gasteiger partial charge is 0.253 e. The molecule has 2 N–H and O–H groups in total.